The first kappa shape index (κ1) is 26.6. The van der Waals surface area contributed by atoms with E-state index in [0.29, 0.717) is 12.2 Å². The van der Waals surface area contributed by atoms with Crippen LogP contribution in [0.15, 0.2) is 97.1 Å². The predicted octanol–water partition coefficient (Wildman–Crippen LogP) is 5.27. The van der Waals surface area contributed by atoms with Crippen LogP contribution in [0.3, 0.4) is 0 Å². The fraction of sp³-hybridized carbons (Fsp3) is 0.250. The van der Waals surface area contributed by atoms with Gasteiger partial charge in [0.25, 0.3) is 0 Å². The molecular formula is C32H32O7. The van der Waals surface area contributed by atoms with Crippen molar-refractivity contribution in [1.29, 1.82) is 0 Å². The third-order valence-corrected chi connectivity index (χ3v) is 6.75. The molecule has 2 saturated heterocycles. The van der Waals surface area contributed by atoms with Crippen molar-refractivity contribution in [3.8, 4) is 23.0 Å². The van der Waals surface area contributed by atoms with E-state index in [1.807, 2.05) is 48.5 Å². The van der Waals surface area contributed by atoms with Gasteiger partial charge in [0.15, 0.2) is 0 Å². The lowest BCUT2D eigenvalue weighted by Gasteiger charge is -2.29. The fourth-order valence-corrected chi connectivity index (χ4v) is 4.54. The molecule has 4 aromatic rings. The summed E-state index contributed by atoms with van der Waals surface area (Å²) in [5.74, 6) is 0.478. The number of ether oxygens (including phenoxy) is 3. The summed E-state index contributed by atoms with van der Waals surface area (Å²) in [6.45, 7) is 3.26. The molecule has 39 heavy (non-hydrogen) atoms. The van der Waals surface area contributed by atoms with Crippen LogP contribution in [0.25, 0.3) is 0 Å². The first-order valence-corrected chi connectivity index (χ1v) is 12.9. The largest absolute Gasteiger partial charge is 0.508 e. The van der Waals surface area contributed by atoms with Gasteiger partial charge in [-0.15, -0.1) is 0 Å². The summed E-state index contributed by atoms with van der Waals surface area (Å²) in [6.07, 6.45) is 0.785. The summed E-state index contributed by atoms with van der Waals surface area (Å²) < 4.78 is 15.1. The van der Waals surface area contributed by atoms with Gasteiger partial charge in [0.2, 0.25) is 0 Å². The maximum absolute atomic E-state index is 9.79. The van der Waals surface area contributed by atoms with E-state index in [-0.39, 0.29) is 34.8 Å². The average Bonchev–Trinajstić information content (AvgIpc) is 3.88. The molecule has 2 fully saturated rings. The molecule has 0 aliphatic carbocycles. The Kier molecular flexibility index (Phi) is 8.32. The van der Waals surface area contributed by atoms with Gasteiger partial charge in [0, 0.05) is 11.8 Å². The third-order valence-electron chi connectivity index (χ3n) is 6.75. The second kappa shape index (κ2) is 12.2. The van der Waals surface area contributed by atoms with Gasteiger partial charge in [-0.3, -0.25) is 0 Å². The van der Waals surface area contributed by atoms with Gasteiger partial charge < -0.3 is 34.6 Å². The van der Waals surface area contributed by atoms with Crippen LogP contribution in [0.4, 0.5) is 0 Å². The predicted molar refractivity (Wildman–Crippen MR) is 146 cm³/mol. The highest BCUT2D eigenvalue weighted by atomic mass is 16.6. The van der Waals surface area contributed by atoms with Crippen molar-refractivity contribution in [1.82, 2.24) is 0 Å². The van der Waals surface area contributed by atoms with Crippen molar-refractivity contribution in [2.24, 2.45) is 0 Å². The van der Waals surface area contributed by atoms with Crippen LogP contribution in [0.1, 0.15) is 34.1 Å². The maximum atomic E-state index is 9.79. The van der Waals surface area contributed by atoms with Gasteiger partial charge in [-0.2, -0.15) is 0 Å². The van der Waals surface area contributed by atoms with E-state index >= 15 is 0 Å². The Morgan fingerprint density at radius 3 is 0.923 bits per heavy atom. The number of phenols is 4. The van der Waals surface area contributed by atoms with Gasteiger partial charge in [-0.1, -0.05) is 48.5 Å². The smallest absolute Gasteiger partial charge is 0.115 e. The summed E-state index contributed by atoms with van der Waals surface area (Å²) in [6, 6.07) is 28.4. The third kappa shape index (κ3) is 7.51. The van der Waals surface area contributed by atoms with Crippen molar-refractivity contribution in [3.63, 3.8) is 0 Å². The number of rotatable bonds is 9. The van der Waals surface area contributed by atoms with E-state index in [2.05, 4.69) is 0 Å². The molecule has 0 spiro atoms. The molecule has 0 radical (unpaired) electrons. The molecule has 0 saturated carbocycles. The summed E-state index contributed by atoms with van der Waals surface area (Å²) in [5.41, 5.74) is 3.96. The van der Waals surface area contributed by atoms with Crippen molar-refractivity contribution < 1.29 is 34.6 Å². The molecule has 0 amide bonds. The highest BCUT2D eigenvalue weighted by Gasteiger charge is 2.29. The Bertz CT molecular complexity index is 1120. The number of aromatic hydroxyl groups is 4. The molecule has 4 aromatic carbocycles. The van der Waals surface area contributed by atoms with Crippen LogP contribution in [-0.2, 0) is 14.2 Å². The van der Waals surface area contributed by atoms with E-state index in [1.165, 1.54) is 0 Å². The summed E-state index contributed by atoms with van der Waals surface area (Å²) >= 11 is 0. The number of epoxide rings is 2. The van der Waals surface area contributed by atoms with Crippen LogP contribution in [-0.4, -0.2) is 59.1 Å². The Morgan fingerprint density at radius 1 is 0.487 bits per heavy atom. The van der Waals surface area contributed by atoms with Crippen LogP contribution in [0.5, 0.6) is 23.0 Å². The molecule has 2 atom stereocenters. The molecule has 2 heterocycles. The lowest BCUT2D eigenvalue weighted by atomic mass is 9.73. The first-order valence-electron chi connectivity index (χ1n) is 12.9. The number of benzene rings is 4. The minimum Gasteiger partial charge on any atom is -0.508 e. The van der Waals surface area contributed by atoms with E-state index in [0.717, 1.165) is 48.7 Å². The van der Waals surface area contributed by atoms with Gasteiger partial charge in [-0.25, -0.2) is 0 Å². The molecule has 2 aliphatic heterocycles. The molecular weight excluding hydrogens is 496 g/mol. The molecule has 2 unspecified atom stereocenters. The van der Waals surface area contributed by atoms with Crippen LogP contribution >= 0.6 is 0 Å². The highest BCUT2D eigenvalue weighted by Crippen LogP contribution is 2.44. The minimum atomic E-state index is -0.139. The Balaban J connectivity index is 0.000000287. The lowest BCUT2D eigenvalue weighted by molar-refractivity contribution is 0.102. The van der Waals surface area contributed by atoms with Crippen molar-refractivity contribution in [3.05, 3.63) is 119 Å². The molecule has 0 aromatic heterocycles. The highest BCUT2D eigenvalue weighted by molar-refractivity contribution is 5.47. The van der Waals surface area contributed by atoms with Gasteiger partial charge >= 0.3 is 0 Å². The zero-order valence-corrected chi connectivity index (χ0v) is 21.4. The summed E-state index contributed by atoms with van der Waals surface area (Å²) in [5, 5.41) is 39.2. The second-order valence-corrected chi connectivity index (χ2v) is 9.77. The van der Waals surface area contributed by atoms with E-state index in [4.69, 9.17) is 14.2 Å². The summed E-state index contributed by atoms with van der Waals surface area (Å²) in [4.78, 5) is 0. The number of phenolic OH excluding ortho intramolecular Hbond substituents is 4. The SMILES string of the molecule is C(OCC1CO1)C1CO1.Oc1ccc(C(c2ccc(O)cc2)C(c2ccc(O)cc2)c2ccc(O)cc2)cc1. The van der Waals surface area contributed by atoms with Crippen molar-refractivity contribution >= 4 is 0 Å². The zero-order valence-electron chi connectivity index (χ0n) is 21.4. The van der Waals surface area contributed by atoms with Crippen LogP contribution in [0.2, 0.25) is 0 Å². The number of hydrogen-bond donors (Lipinski definition) is 4. The zero-order chi connectivity index (χ0) is 27.2. The van der Waals surface area contributed by atoms with E-state index in [1.54, 1.807) is 48.5 Å². The van der Waals surface area contributed by atoms with Gasteiger partial charge in [-0.05, 0) is 70.8 Å². The summed E-state index contributed by atoms with van der Waals surface area (Å²) in [7, 11) is 0. The van der Waals surface area contributed by atoms with Crippen molar-refractivity contribution in [2.45, 2.75) is 24.0 Å². The molecule has 6 rings (SSSR count). The Morgan fingerprint density at radius 2 is 0.718 bits per heavy atom. The van der Waals surface area contributed by atoms with Crippen LogP contribution in [0, 0.1) is 0 Å². The minimum absolute atomic E-state index is 0.139. The average molecular weight is 529 g/mol. The molecule has 0 bridgehead atoms. The van der Waals surface area contributed by atoms with Crippen LogP contribution < -0.4 is 0 Å². The normalized spacial score (nSPS) is 17.5. The molecule has 7 nitrogen and oxygen atoms in total. The molecule has 2 aliphatic rings. The second-order valence-electron chi connectivity index (χ2n) is 9.77. The monoisotopic (exact) mass is 528 g/mol. The van der Waals surface area contributed by atoms with Crippen molar-refractivity contribution in [2.75, 3.05) is 26.4 Å². The Hall–Kier alpha value is -4.04. The molecule has 4 N–H and O–H groups in total. The fourth-order valence-electron chi connectivity index (χ4n) is 4.54. The topological polar surface area (TPSA) is 115 Å². The molecule has 202 valence electrons. The van der Waals surface area contributed by atoms with Gasteiger partial charge in [0.05, 0.1) is 26.4 Å². The quantitative estimate of drug-likeness (QED) is 0.219. The number of hydrogen-bond acceptors (Lipinski definition) is 7. The standard InChI is InChI=1S/C26H22O4.C6H10O3/c27-21-9-1-17(2-10-21)25(18-3-11-22(28)12-4-18)26(19-5-13-23(29)14-6-19)20-7-15-24(30)16-8-20;1(5-3-8-5)7-2-6-4-9-6/h1-16,25-30H;5-6H,1-4H2. The van der Waals surface area contributed by atoms with E-state index < -0.39 is 0 Å². The first-order chi connectivity index (χ1) is 19.0. The van der Waals surface area contributed by atoms with E-state index in [9.17, 15) is 20.4 Å². The maximum Gasteiger partial charge on any atom is 0.115 e. The van der Waals surface area contributed by atoms with Gasteiger partial charge in [0.1, 0.15) is 35.2 Å². The lowest BCUT2D eigenvalue weighted by Crippen LogP contribution is -2.14. The molecule has 7 heteroatoms. The Labute approximate surface area is 227 Å².